The quantitative estimate of drug-likeness (QED) is 0.293. The van der Waals surface area contributed by atoms with Crippen LogP contribution in [0.2, 0.25) is 0 Å². The maximum absolute atomic E-state index is 13.5. The first-order valence-corrected chi connectivity index (χ1v) is 11.8. The summed E-state index contributed by atoms with van der Waals surface area (Å²) < 4.78 is 12.8. The largest absolute Gasteiger partial charge is 0.505 e. The van der Waals surface area contributed by atoms with E-state index in [1.807, 2.05) is 38.1 Å². The number of aromatic nitrogens is 2. The fourth-order valence-electron chi connectivity index (χ4n) is 4.77. The van der Waals surface area contributed by atoms with Crippen LogP contribution in [0.5, 0.6) is 11.5 Å². The SMILES string of the molecule is COc1ccc(OC)c([C@@H]2C(=C(O)c3c(C)nc4c(C)cccn34)C(=O)C(=O)N2CCCN(C)C)c1. The molecule has 0 unspecified atom stereocenters. The lowest BCUT2D eigenvalue weighted by Crippen LogP contribution is -2.32. The van der Waals surface area contributed by atoms with E-state index in [2.05, 4.69) is 4.98 Å². The average molecular weight is 493 g/mol. The molecule has 9 nitrogen and oxygen atoms in total. The fourth-order valence-corrected chi connectivity index (χ4v) is 4.77. The van der Waals surface area contributed by atoms with Gasteiger partial charge in [-0.25, -0.2) is 4.98 Å². The van der Waals surface area contributed by atoms with Crippen molar-refractivity contribution >= 4 is 23.1 Å². The maximum atomic E-state index is 13.5. The minimum atomic E-state index is -0.855. The van der Waals surface area contributed by atoms with Crippen molar-refractivity contribution in [1.29, 1.82) is 0 Å². The molecule has 3 heterocycles. The summed E-state index contributed by atoms with van der Waals surface area (Å²) in [6, 6.07) is 8.15. The van der Waals surface area contributed by atoms with E-state index in [4.69, 9.17) is 9.47 Å². The van der Waals surface area contributed by atoms with Crippen LogP contribution in [-0.2, 0) is 9.59 Å². The van der Waals surface area contributed by atoms with Crippen molar-refractivity contribution in [1.82, 2.24) is 19.2 Å². The lowest BCUT2D eigenvalue weighted by molar-refractivity contribution is -0.140. The van der Waals surface area contributed by atoms with Crippen molar-refractivity contribution < 1.29 is 24.2 Å². The minimum Gasteiger partial charge on any atom is -0.505 e. The monoisotopic (exact) mass is 492 g/mol. The molecule has 0 radical (unpaired) electrons. The van der Waals surface area contributed by atoms with Crippen LogP contribution in [0.4, 0.5) is 0 Å². The summed E-state index contributed by atoms with van der Waals surface area (Å²) in [7, 11) is 6.98. The topological polar surface area (TPSA) is 96.6 Å². The van der Waals surface area contributed by atoms with Crippen molar-refractivity contribution in [2.24, 2.45) is 0 Å². The number of aryl methyl sites for hydroxylation is 2. The number of imidazole rings is 1. The van der Waals surface area contributed by atoms with Gasteiger partial charge < -0.3 is 24.4 Å². The lowest BCUT2D eigenvalue weighted by atomic mass is 9.95. The van der Waals surface area contributed by atoms with E-state index in [0.29, 0.717) is 47.1 Å². The third kappa shape index (κ3) is 4.30. The zero-order valence-electron chi connectivity index (χ0n) is 21.5. The predicted molar refractivity (Wildman–Crippen MR) is 136 cm³/mol. The van der Waals surface area contributed by atoms with Gasteiger partial charge >= 0.3 is 0 Å². The van der Waals surface area contributed by atoms with Gasteiger partial charge in [0.05, 0.1) is 31.5 Å². The van der Waals surface area contributed by atoms with Crippen LogP contribution in [-0.4, -0.2) is 77.4 Å². The molecule has 4 rings (SSSR count). The molecule has 0 saturated carbocycles. The lowest BCUT2D eigenvalue weighted by Gasteiger charge is -2.27. The number of ketones is 1. The third-order valence-electron chi connectivity index (χ3n) is 6.52. The first kappa shape index (κ1) is 25.2. The van der Waals surface area contributed by atoms with Gasteiger partial charge in [-0.1, -0.05) is 6.07 Å². The molecular weight excluding hydrogens is 460 g/mol. The second kappa shape index (κ2) is 10.0. The van der Waals surface area contributed by atoms with Gasteiger partial charge in [-0.2, -0.15) is 0 Å². The highest BCUT2D eigenvalue weighted by molar-refractivity contribution is 6.46. The van der Waals surface area contributed by atoms with E-state index in [1.165, 1.54) is 12.0 Å². The average Bonchev–Trinajstić information content (AvgIpc) is 3.32. The number of aliphatic hydroxyl groups is 1. The van der Waals surface area contributed by atoms with Crippen LogP contribution in [0, 0.1) is 13.8 Å². The Kier molecular flexibility index (Phi) is 7.03. The number of methoxy groups -OCH3 is 2. The molecule has 2 aromatic heterocycles. The Morgan fingerprint density at radius 1 is 1.14 bits per heavy atom. The van der Waals surface area contributed by atoms with Crippen LogP contribution in [0.3, 0.4) is 0 Å². The summed E-state index contributed by atoms with van der Waals surface area (Å²) in [5, 5.41) is 11.7. The Morgan fingerprint density at radius 2 is 1.89 bits per heavy atom. The standard InChI is InChI=1S/C27H32N4O5/c1-16-9-7-13-30-22(17(2)28-26(16)30)24(32)21-23(19-15-18(35-5)10-11-20(19)36-6)31(27(34)25(21)33)14-8-12-29(3)4/h7,9-11,13,15,23,32H,8,12,14H2,1-6H3/t23-/m1/s1. The number of nitrogens with zero attached hydrogens (tertiary/aromatic N) is 4. The predicted octanol–water partition coefficient (Wildman–Crippen LogP) is 3.34. The van der Waals surface area contributed by atoms with Gasteiger partial charge in [0.25, 0.3) is 11.7 Å². The van der Waals surface area contributed by atoms with E-state index in [9.17, 15) is 14.7 Å². The van der Waals surface area contributed by atoms with Crippen molar-refractivity contribution in [3.8, 4) is 11.5 Å². The summed E-state index contributed by atoms with van der Waals surface area (Å²) in [4.78, 5) is 34.9. The zero-order chi connectivity index (χ0) is 26.1. The minimum absolute atomic E-state index is 0.00260. The molecule has 1 saturated heterocycles. The summed E-state index contributed by atoms with van der Waals surface area (Å²) >= 11 is 0. The number of carbonyl (C=O) groups is 2. The normalized spacial score (nSPS) is 17.4. The van der Waals surface area contributed by atoms with Crippen molar-refractivity contribution in [3.63, 3.8) is 0 Å². The highest BCUT2D eigenvalue weighted by Gasteiger charge is 2.47. The molecule has 36 heavy (non-hydrogen) atoms. The van der Waals surface area contributed by atoms with Gasteiger partial charge in [-0.15, -0.1) is 0 Å². The molecule has 0 aliphatic carbocycles. The number of carbonyl (C=O) groups excluding carboxylic acids is 2. The van der Waals surface area contributed by atoms with Gasteiger partial charge in [0, 0.05) is 18.3 Å². The Hall–Kier alpha value is -3.85. The van der Waals surface area contributed by atoms with Crippen LogP contribution < -0.4 is 9.47 Å². The highest BCUT2D eigenvalue weighted by Crippen LogP contribution is 2.44. The molecular formula is C27H32N4O5. The van der Waals surface area contributed by atoms with Gasteiger partial charge in [0.1, 0.15) is 22.8 Å². The van der Waals surface area contributed by atoms with E-state index in [1.54, 1.807) is 42.8 Å². The van der Waals surface area contributed by atoms with Gasteiger partial charge in [0.2, 0.25) is 0 Å². The number of amides is 1. The van der Waals surface area contributed by atoms with Crippen molar-refractivity contribution in [2.45, 2.75) is 26.3 Å². The Labute approximate surface area is 210 Å². The molecule has 1 atom stereocenters. The number of pyridine rings is 1. The Bertz CT molecular complexity index is 1360. The molecule has 1 aliphatic heterocycles. The van der Waals surface area contributed by atoms with E-state index in [-0.39, 0.29) is 11.3 Å². The molecule has 1 aliphatic rings. The summed E-state index contributed by atoms with van der Waals surface area (Å²) in [6.07, 6.45) is 2.43. The van der Waals surface area contributed by atoms with Crippen LogP contribution in [0.1, 0.15) is 35.0 Å². The number of hydrogen-bond donors (Lipinski definition) is 1. The number of ether oxygens (including phenoxy) is 2. The summed E-state index contributed by atoms with van der Waals surface area (Å²) in [6.45, 7) is 4.76. The first-order chi connectivity index (χ1) is 17.2. The number of benzene rings is 1. The third-order valence-corrected chi connectivity index (χ3v) is 6.52. The second-order valence-corrected chi connectivity index (χ2v) is 9.19. The van der Waals surface area contributed by atoms with Gasteiger partial charge in [-0.05, 0) is 70.7 Å². The number of hydrogen-bond acceptors (Lipinski definition) is 7. The number of fused-ring (bicyclic) bond motifs is 1. The number of Topliss-reactive ketones (excluding diaryl/α,β-unsaturated/α-hetero) is 1. The molecule has 0 bridgehead atoms. The Balaban J connectivity index is 1.96. The number of likely N-dealkylation sites (tertiary alicyclic amines) is 1. The highest BCUT2D eigenvalue weighted by atomic mass is 16.5. The smallest absolute Gasteiger partial charge is 0.295 e. The first-order valence-electron chi connectivity index (χ1n) is 11.8. The fraction of sp³-hybridized carbons (Fsp3) is 0.370. The summed E-state index contributed by atoms with van der Waals surface area (Å²) in [5.41, 5.74) is 3.10. The van der Waals surface area contributed by atoms with E-state index in [0.717, 1.165) is 12.1 Å². The van der Waals surface area contributed by atoms with Crippen LogP contribution in [0.15, 0.2) is 42.1 Å². The van der Waals surface area contributed by atoms with Crippen molar-refractivity contribution in [2.75, 3.05) is 41.4 Å². The molecule has 9 heteroatoms. The molecule has 1 aromatic carbocycles. The van der Waals surface area contributed by atoms with E-state index < -0.39 is 17.7 Å². The van der Waals surface area contributed by atoms with Gasteiger partial charge in [0.15, 0.2) is 5.76 Å². The van der Waals surface area contributed by atoms with Crippen molar-refractivity contribution in [3.05, 3.63) is 64.6 Å². The van der Waals surface area contributed by atoms with Gasteiger partial charge in [-0.3, -0.25) is 14.0 Å². The maximum Gasteiger partial charge on any atom is 0.295 e. The van der Waals surface area contributed by atoms with Crippen LogP contribution in [0.25, 0.3) is 11.4 Å². The zero-order valence-corrected chi connectivity index (χ0v) is 21.5. The molecule has 1 fully saturated rings. The second-order valence-electron chi connectivity index (χ2n) is 9.19. The molecule has 1 N–H and O–H groups in total. The molecule has 0 spiro atoms. The Morgan fingerprint density at radius 3 is 2.56 bits per heavy atom. The van der Waals surface area contributed by atoms with Crippen LogP contribution >= 0.6 is 0 Å². The molecule has 1 amide bonds. The molecule has 190 valence electrons. The molecule has 3 aromatic rings. The van der Waals surface area contributed by atoms with E-state index >= 15 is 0 Å². The summed E-state index contributed by atoms with van der Waals surface area (Å²) in [5.74, 6) is -0.640. The number of rotatable bonds is 8. The number of aliphatic hydroxyl groups excluding tert-OH is 1.